The van der Waals surface area contributed by atoms with Gasteiger partial charge in [0.1, 0.15) is 5.88 Å². The van der Waals surface area contributed by atoms with Gasteiger partial charge in [-0.1, -0.05) is 42.5 Å². The van der Waals surface area contributed by atoms with E-state index >= 15 is 0 Å². The number of anilines is 1. The highest BCUT2D eigenvalue weighted by Crippen LogP contribution is 2.32. The van der Waals surface area contributed by atoms with Gasteiger partial charge in [0.05, 0.1) is 18.2 Å². The Bertz CT molecular complexity index is 683. The number of carbonyl (C=O) groups is 1. The summed E-state index contributed by atoms with van der Waals surface area (Å²) in [6.45, 7) is 6.42. The molecule has 25 heavy (non-hydrogen) atoms. The molecule has 0 aromatic heterocycles. The lowest BCUT2D eigenvalue weighted by atomic mass is 9.88. The fraction of sp³-hybridized carbons (Fsp3) is 0.350. The van der Waals surface area contributed by atoms with Crippen LogP contribution in [0.3, 0.4) is 0 Å². The Morgan fingerprint density at radius 3 is 2.84 bits per heavy atom. The van der Waals surface area contributed by atoms with Gasteiger partial charge in [-0.2, -0.15) is 0 Å². The van der Waals surface area contributed by atoms with Crippen LogP contribution in [0.5, 0.6) is 0 Å². The van der Waals surface area contributed by atoms with Crippen LogP contribution in [0.4, 0.5) is 5.69 Å². The lowest BCUT2D eigenvalue weighted by molar-refractivity contribution is -0.113. The lowest BCUT2D eigenvalue weighted by Crippen LogP contribution is -2.52. The molecule has 1 fully saturated rings. The second-order valence-corrected chi connectivity index (χ2v) is 6.56. The first-order valence-electron chi connectivity index (χ1n) is 8.47. The van der Waals surface area contributed by atoms with Gasteiger partial charge in [0, 0.05) is 18.8 Å². The molecule has 0 bridgehead atoms. The number of hydrogen-bond acceptors (Lipinski definition) is 3. The van der Waals surface area contributed by atoms with Crippen molar-refractivity contribution in [1.29, 1.82) is 0 Å². The minimum Gasteiger partial charge on any atom is -0.371 e. The molecule has 132 valence electrons. The quantitative estimate of drug-likeness (QED) is 0.645. The Morgan fingerprint density at radius 1 is 1.40 bits per heavy atom. The molecule has 1 aliphatic carbocycles. The maximum absolute atomic E-state index is 11.4. The van der Waals surface area contributed by atoms with Crippen LogP contribution in [0.2, 0.25) is 0 Å². The number of hydrogen-bond donors (Lipinski definition) is 1. The second-order valence-electron chi connectivity index (χ2n) is 6.30. The van der Waals surface area contributed by atoms with E-state index in [0.717, 1.165) is 30.8 Å². The average Bonchev–Trinajstić information content (AvgIpc) is 2.69. The molecule has 1 amide bonds. The van der Waals surface area contributed by atoms with Gasteiger partial charge >= 0.3 is 0 Å². The molecule has 2 atom stereocenters. The number of benzene rings is 1. The van der Waals surface area contributed by atoms with Crippen molar-refractivity contribution in [2.75, 3.05) is 30.9 Å². The molecule has 0 radical (unpaired) electrons. The average molecular weight is 359 g/mol. The van der Waals surface area contributed by atoms with Crippen LogP contribution in [0, 0.1) is 0 Å². The largest absolute Gasteiger partial charge is 0.371 e. The van der Waals surface area contributed by atoms with Gasteiger partial charge in [0.15, 0.2) is 0 Å². The number of alkyl halides is 1. The second kappa shape index (κ2) is 8.00. The van der Waals surface area contributed by atoms with Crippen molar-refractivity contribution >= 4 is 23.2 Å². The molecule has 1 N–H and O–H groups in total. The smallest absolute Gasteiger partial charge is 0.239 e. The monoisotopic (exact) mass is 358 g/mol. The summed E-state index contributed by atoms with van der Waals surface area (Å²) in [5.74, 6) is -0.256. The molecule has 1 aromatic carbocycles. The van der Waals surface area contributed by atoms with Crippen LogP contribution in [0.25, 0.3) is 0 Å². The first-order valence-corrected chi connectivity index (χ1v) is 9.01. The zero-order valence-electron chi connectivity index (χ0n) is 14.2. The standard InChI is InChI=1S/C20H23ClN2O2/c1-2-20(10-4-3-5-11-20)23-12-13-25-18(15-23)16-6-8-17(9-7-16)22-19(24)14-21/h2-10,18H,1,11-15H2,(H,22,24)/t18-,20-/m1/s1. The molecule has 0 unspecified atom stereocenters. The zero-order valence-corrected chi connectivity index (χ0v) is 14.9. The number of carbonyl (C=O) groups excluding carboxylic acids is 1. The van der Waals surface area contributed by atoms with Gasteiger partial charge in [-0.25, -0.2) is 0 Å². The molecular formula is C20H23ClN2O2. The molecular weight excluding hydrogens is 336 g/mol. The predicted octanol–water partition coefficient (Wildman–Crippen LogP) is 3.68. The Morgan fingerprint density at radius 2 is 2.20 bits per heavy atom. The summed E-state index contributed by atoms with van der Waals surface area (Å²) in [4.78, 5) is 13.8. The van der Waals surface area contributed by atoms with Crippen molar-refractivity contribution in [3.8, 4) is 0 Å². The Kier molecular flexibility index (Phi) is 5.74. The number of nitrogens with one attached hydrogen (secondary N) is 1. The Hall–Kier alpha value is -1.88. The summed E-state index contributed by atoms with van der Waals surface area (Å²) in [7, 11) is 0. The van der Waals surface area contributed by atoms with E-state index in [2.05, 4.69) is 41.1 Å². The van der Waals surface area contributed by atoms with Crippen molar-refractivity contribution in [2.24, 2.45) is 0 Å². The van der Waals surface area contributed by atoms with Crippen molar-refractivity contribution < 1.29 is 9.53 Å². The van der Waals surface area contributed by atoms with Crippen molar-refractivity contribution in [1.82, 2.24) is 4.90 Å². The summed E-state index contributed by atoms with van der Waals surface area (Å²) in [5, 5.41) is 2.75. The van der Waals surface area contributed by atoms with E-state index in [1.54, 1.807) is 0 Å². The van der Waals surface area contributed by atoms with E-state index in [9.17, 15) is 4.79 Å². The van der Waals surface area contributed by atoms with Gasteiger partial charge < -0.3 is 10.1 Å². The van der Waals surface area contributed by atoms with E-state index in [1.165, 1.54) is 0 Å². The van der Waals surface area contributed by atoms with E-state index in [4.69, 9.17) is 16.3 Å². The third kappa shape index (κ3) is 4.03. The predicted molar refractivity (Wildman–Crippen MR) is 102 cm³/mol. The van der Waals surface area contributed by atoms with Crippen LogP contribution < -0.4 is 5.32 Å². The van der Waals surface area contributed by atoms with E-state index in [0.29, 0.717) is 6.61 Å². The SMILES string of the molecule is C=C[C@@]1(N2CCO[C@@H](c3ccc(NC(=O)CCl)cc3)C2)C=CC=CC1. The molecule has 1 aromatic rings. The van der Waals surface area contributed by atoms with E-state index in [1.807, 2.05) is 30.3 Å². The molecule has 0 spiro atoms. The van der Waals surface area contributed by atoms with Crippen LogP contribution in [-0.4, -0.2) is 41.9 Å². The van der Waals surface area contributed by atoms with Crippen molar-refractivity contribution in [3.63, 3.8) is 0 Å². The highest BCUT2D eigenvalue weighted by molar-refractivity contribution is 6.29. The number of nitrogens with zero attached hydrogens (tertiary/aromatic N) is 1. The summed E-state index contributed by atoms with van der Waals surface area (Å²) in [6, 6.07) is 7.76. The molecule has 1 heterocycles. The highest BCUT2D eigenvalue weighted by Gasteiger charge is 2.35. The number of rotatable bonds is 5. The minimum atomic E-state index is -0.209. The molecule has 1 aliphatic heterocycles. The number of ether oxygens (including phenoxy) is 1. The molecule has 3 rings (SSSR count). The summed E-state index contributed by atoms with van der Waals surface area (Å²) >= 11 is 5.52. The Balaban J connectivity index is 1.71. The lowest BCUT2D eigenvalue weighted by Gasteiger charge is -2.45. The fourth-order valence-electron chi connectivity index (χ4n) is 3.35. The third-order valence-electron chi connectivity index (χ3n) is 4.77. The molecule has 1 saturated heterocycles. The third-order valence-corrected chi connectivity index (χ3v) is 5.02. The molecule has 5 heteroatoms. The molecule has 2 aliphatic rings. The molecule has 0 saturated carbocycles. The van der Waals surface area contributed by atoms with E-state index in [-0.39, 0.29) is 23.4 Å². The van der Waals surface area contributed by atoms with Gasteiger partial charge in [-0.15, -0.1) is 18.2 Å². The number of allylic oxidation sites excluding steroid dienone is 2. The van der Waals surface area contributed by atoms with Crippen LogP contribution in [-0.2, 0) is 9.53 Å². The summed E-state index contributed by atoms with van der Waals surface area (Å²) in [6.07, 6.45) is 11.5. The number of morpholine rings is 1. The van der Waals surface area contributed by atoms with Gasteiger partial charge in [0.25, 0.3) is 0 Å². The van der Waals surface area contributed by atoms with Crippen LogP contribution in [0.15, 0.2) is 61.2 Å². The van der Waals surface area contributed by atoms with Crippen molar-refractivity contribution in [2.45, 2.75) is 18.1 Å². The summed E-state index contributed by atoms with van der Waals surface area (Å²) < 4.78 is 5.99. The summed E-state index contributed by atoms with van der Waals surface area (Å²) in [5.41, 5.74) is 1.71. The maximum atomic E-state index is 11.4. The maximum Gasteiger partial charge on any atom is 0.239 e. The topological polar surface area (TPSA) is 41.6 Å². The van der Waals surface area contributed by atoms with Gasteiger partial charge in [0.2, 0.25) is 5.91 Å². The van der Waals surface area contributed by atoms with Gasteiger partial charge in [-0.3, -0.25) is 9.69 Å². The fourth-order valence-corrected chi connectivity index (χ4v) is 3.41. The normalized spacial score (nSPS) is 26.4. The highest BCUT2D eigenvalue weighted by atomic mass is 35.5. The van der Waals surface area contributed by atoms with Crippen molar-refractivity contribution in [3.05, 3.63) is 66.8 Å². The first-order chi connectivity index (χ1) is 12.2. The minimum absolute atomic E-state index is 0.00246. The number of halogens is 1. The Labute approximate surface area is 153 Å². The van der Waals surface area contributed by atoms with E-state index < -0.39 is 0 Å². The van der Waals surface area contributed by atoms with Crippen LogP contribution >= 0.6 is 11.6 Å². The first kappa shape index (κ1) is 17.9. The van der Waals surface area contributed by atoms with Gasteiger partial charge in [-0.05, 0) is 24.1 Å². The zero-order chi connectivity index (χ0) is 17.7. The van der Waals surface area contributed by atoms with Crippen LogP contribution in [0.1, 0.15) is 18.1 Å². The molecule has 4 nitrogen and oxygen atoms in total. The number of amides is 1.